The predicted molar refractivity (Wildman–Crippen MR) is 63.7 cm³/mol. The molecule has 0 aliphatic carbocycles. The third-order valence-corrected chi connectivity index (χ3v) is 3.46. The lowest BCUT2D eigenvalue weighted by Gasteiger charge is -2.41. The average Bonchev–Trinajstić information content (AvgIpc) is 2.19. The summed E-state index contributed by atoms with van der Waals surface area (Å²) in [6, 6.07) is 0.172. The number of piperidine rings is 1. The van der Waals surface area contributed by atoms with Crippen LogP contribution in [0.4, 0.5) is 0 Å². The molecule has 1 saturated heterocycles. The number of likely N-dealkylation sites (tertiary alicyclic amines) is 1. The van der Waals surface area contributed by atoms with Crippen LogP contribution in [-0.2, 0) is 0 Å². The molecule has 0 saturated carbocycles. The Balaban J connectivity index is 2.60. The van der Waals surface area contributed by atoms with Crippen molar-refractivity contribution in [3.05, 3.63) is 0 Å². The van der Waals surface area contributed by atoms with Gasteiger partial charge in [0.2, 0.25) is 0 Å². The molecule has 1 fully saturated rings. The maximum Gasteiger partial charge on any atom is 0.0602 e. The Morgan fingerprint density at radius 1 is 1.20 bits per heavy atom. The third kappa shape index (κ3) is 3.44. The number of aliphatic hydroxyl groups is 1. The first-order valence-corrected chi connectivity index (χ1v) is 6.07. The van der Waals surface area contributed by atoms with Crippen LogP contribution < -0.4 is 5.73 Å². The highest BCUT2D eigenvalue weighted by Crippen LogP contribution is 2.24. The highest BCUT2D eigenvalue weighted by molar-refractivity contribution is 4.90. The van der Waals surface area contributed by atoms with Gasteiger partial charge in [-0.2, -0.15) is 0 Å². The summed E-state index contributed by atoms with van der Waals surface area (Å²) in [4.78, 5) is 2.36. The van der Waals surface area contributed by atoms with Crippen molar-refractivity contribution in [2.24, 2.45) is 11.1 Å². The smallest absolute Gasteiger partial charge is 0.0602 e. The van der Waals surface area contributed by atoms with Gasteiger partial charge in [-0.15, -0.1) is 0 Å². The molecule has 0 spiro atoms. The van der Waals surface area contributed by atoms with Gasteiger partial charge in [0.15, 0.2) is 0 Å². The van der Waals surface area contributed by atoms with Gasteiger partial charge < -0.3 is 10.8 Å². The van der Waals surface area contributed by atoms with Gasteiger partial charge in [-0.1, -0.05) is 27.2 Å². The summed E-state index contributed by atoms with van der Waals surface area (Å²) in [5, 5.41) is 9.49. The molecule has 3 N–H and O–H groups in total. The number of hydrogen-bond donors (Lipinski definition) is 2. The molecule has 0 aromatic rings. The zero-order valence-corrected chi connectivity index (χ0v) is 10.4. The lowest BCUT2D eigenvalue weighted by Crippen LogP contribution is -2.56. The van der Waals surface area contributed by atoms with Gasteiger partial charge in [-0.3, -0.25) is 4.90 Å². The molecule has 0 aromatic heterocycles. The zero-order chi connectivity index (χ0) is 11.5. The highest BCUT2D eigenvalue weighted by atomic mass is 16.3. The molecule has 1 aliphatic rings. The first-order chi connectivity index (χ1) is 6.96. The van der Waals surface area contributed by atoms with E-state index in [4.69, 9.17) is 5.73 Å². The second-order valence-electron chi connectivity index (χ2n) is 5.74. The van der Waals surface area contributed by atoms with Crippen LogP contribution >= 0.6 is 0 Å². The van der Waals surface area contributed by atoms with Gasteiger partial charge in [0.1, 0.15) is 0 Å². The van der Waals surface area contributed by atoms with Crippen molar-refractivity contribution >= 4 is 0 Å². The first kappa shape index (κ1) is 12.9. The van der Waals surface area contributed by atoms with Crippen LogP contribution in [0.5, 0.6) is 0 Å². The monoisotopic (exact) mass is 214 g/mol. The lowest BCUT2D eigenvalue weighted by molar-refractivity contribution is 0.0578. The summed E-state index contributed by atoms with van der Waals surface area (Å²) in [6.45, 7) is 8.79. The van der Waals surface area contributed by atoms with Crippen LogP contribution in [0.1, 0.15) is 40.0 Å². The Bertz CT molecular complexity index is 183. The molecule has 0 amide bonds. The van der Waals surface area contributed by atoms with Crippen molar-refractivity contribution in [3.8, 4) is 0 Å². The molecular weight excluding hydrogens is 188 g/mol. The van der Waals surface area contributed by atoms with E-state index >= 15 is 0 Å². The Kier molecular flexibility index (Phi) is 4.56. The van der Waals surface area contributed by atoms with E-state index in [0.29, 0.717) is 0 Å². The van der Waals surface area contributed by atoms with Crippen molar-refractivity contribution in [2.45, 2.75) is 52.1 Å². The van der Waals surface area contributed by atoms with Crippen LogP contribution in [0, 0.1) is 5.41 Å². The average molecular weight is 214 g/mol. The van der Waals surface area contributed by atoms with Crippen molar-refractivity contribution < 1.29 is 5.11 Å². The second kappa shape index (κ2) is 5.28. The SMILES string of the molecule is CC(C)(C)C(N)C(CO)N1CCCCC1. The van der Waals surface area contributed by atoms with Crippen LogP contribution in [-0.4, -0.2) is 41.8 Å². The van der Waals surface area contributed by atoms with Gasteiger partial charge in [-0.25, -0.2) is 0 Å². The van der Waals surface area contributed by atoms with Crippen molar-refractivity contribution in [1.29, 1.82) is 0 Å². The number of nitrogens with zero attached hydrogens (tertiary/aromatic N) is 1. The zero-order valence-electron chi connectivity index (χ0n) is 10.4. The molecule has 0 aromatic carbocycles. The number of aliphatic hydroxyl groups excluding tert-OH is 1. The fraction of sp³-hybridized carbons (Fsp3) is 1.00. The number of hydrogen-bond acceptors (Lipinski definition) is 3. The second-order valence-corrected chi connectivity index (χ2v) is 5.74. The van der Waals surface area contributed by atoms with E-state index in [2.05, 4.69) is 25.7 Å². The summed E-state index contributed by atoms with van der Waals surface area (Å²) in [6.07, 6.45) is 3.81. The Morgan fingerprint density at radius 2 is 1.73 bits per heavy atom. The summed E-state index contributed by atoms with van der Waals surface area (Å²) in [7, 11) is 0. The van der Waals surface area contributed by atoms with E-state index in [0.717, 1.165) is 13.1 Å². The quantitative estimate of drug-likeness (QED) is 0.742. The topological polar surface area (TPSA) is 49.5 Å². The Labute approximate surface area is 93.6 Å². The molecule has 0 radical (unpaired) electrons. The third-order valence-electron chi connectivity index (χ3n) is 3.46. The van der Waals surface area contributed by atoms with Gasteiger partial charge >= 0.3 is 0 Å². The van der Waals surface area contributed by atoms with E-state index in [-0.39, 0.29) is 24.1 Å². The molecule has 15 heavy (non-hydrogen) atoms. The van der Waals surface area contributed by atoms with Crippen LogP contribution in [0.15, 0.2) is 0 Å². The van der Waals surface area contributed by atoms with E-state index in [1.165, 1.54) is 19.3 Å². The number of rotatable bonds is 3. The molecule has 2 atom stereocenters. The first-order valence-electron chi connectivity index (χ1n) is 6.07. The Morgan fingerprint density at radius 3 is 2.13 bits per heavy atom. The molecule has 1 heterocycles. The molecule has 1 aliphatic heterocycles. The highest BCUT2D eigenvalue weighted by Gasteiger charge is 2.32. The molecule has 3 heteroatoms. The lowest BCUT2D eigenvalue weighted by atomic mass is 9.82. The molecule has 3 nitrogen and oxygen atoms in total. The fourth-order valence-corrected chi connectivity index (χ4v) is 2.28. The summed E-state index contributed by atoms with van der Waals surface area (Å²) >= 11 is 0. The van der Waals surface area contributed by atoms with Crippen LogP contribution in [0.25, 0.3) is 0 Å². The molecule has 2 unspecified atom stereocenters. The summed E-state index contributed by atoms with van der Waals surface area (Å²) in [5.41, 5.74) is 6.30. The standard InChI is InChI=1S/C12H26N2O/c1-12(2,3)11(13)10(9-15)14-7-5-4-6-8-14/h10-11,15H,4-9,13H2,1-3H3. The van der Waals surface area contributed by atoms with Gasteiger partial charge in [0.25, 0.3) is 0 Å². The maximum atomic E-state index is 9.49. The molecular formula is C12H26N2O. The van der Waals surface area contributed by atoms with Crippen molar-refractivity contribution in [3.63, 3.8) is 0 Å². The van der Waals surface area contributed by atoms with Gasteiger partial charge in [0, 0.05) is 12.1 Å². The number of nitrogens with two attached hydrogens (primary N) is 1. The molecule has 1 rings (SSSR count). The van der Waals surface area contributed by atoms with Crippen LogP contribution in [0.2, 0.25) is 0 Å². The van der Waals surface area contributed by atoms with Gasteiger partial charge in [0.05, 0.1) is 6.61 Å². The summed E-state index contributed by atoms with van der Waals surface area (Å²) in [5.74, 6) is 0. The van der Waals surface area contributed by atoms with Crippen LogP contribution in [0.3, 0.4) is 0 Å². The van der Waals surface area contributed by atoms with E-state index in [1.54, 1.807) is 0 Å². The van der Waals surface area contributed by atoms with Crippen molar-refractivity contribution in [1.82, 2.24) is 4.90 Å². The summed E-state index contributed by atoms with van der Waals surface area (Å²) < 4.78 is 0. The largest absolute Gasteiger partial charge is 0.395 e. The molecule has 0 bridgehead atoms. The van der Waals surface area contributed by atoms with E-state index in [1.807, 2.05) is 0 Å². The van der Waals surface area contributed by atoms with E-state index < -0.39 is 0 Å². The minimum atomic E-state index is 0.0422. The Hall–Kier alpha value is -0.120. The minimum Gasteiger partial charge on any atom is -0.395 e. The normalized spacial score (nSPS) is 23.8. The maximum absolute atomic E-state index is 9.49. The molecule has 90 valence electrons. The van der Waals surface area contributed by atoms with E-state index in [9.17, 15) is 5.11 Å². The van der Waals surface area contributed by atoms with Gasteiger partial charge in [-0.05, 0) is 31.3 Å². The fourth-order valence-electron chi connectivity index (χ4n) is 2.28. The predicted octanol–water partition coefficient (Wildman–Crippen LogP) is 1.21. The van der Waals surface area contributed by atoms with Crippen molar-refractivity contribution in [2.75, 3.05) is 19.7 Å². The minimum absolute atomic E-state index is 0.0422.